The first-order chi connectivity index (χ1) is 19.5. The molecule has 2 aromatic carbocycles. The number of nitrogens with zero attached hydrogens (tertiary/aromatic N) is 2. The van der Waals surface area contributed by atoms with Gasteiger partial charge < -0.3 is 28.8 Å². The predicted octanol–water partition coefficient (Wildman–Crippen LogP) is 5.32. The summed E-state index contributed by atoms with van der Waals surface area (Å²) in [5.74, 6) is 1.08. The summed E-state index contributed by atoms with van der Waals surface area (Å²) in [6.45, 7) is 2.45. The Morgan fingerprint density at radius 2 is 1.90 bits per heavy atom. The Morgan fingerprint density at radius 3 is 2.62 bits per heavy atom. The van der Waals surface area contributed by atoms with Crippen LogP contribution >= 0.6 is 11.8 Å². The molecule has 9 nitrogen and oxygen atoms in total. The normalized spacial score (nSPS) is 16.2. The SMILES string of the molecule is COC(=O)C1=C(C)N=C2SC=C(CC(=O)NCc3ccco3)N2C1c1ccc(OCc2ccccc2)c(OC)c1. The summed E-state index contributed by atoms with van der Waals surface area (Å²) in [6, 6.07) is 18.4. The molecule has 0 aliphatic carbocycles. The van der Waals surface area contributed by atoms with Crippen molar-refractivity contribution in [2.75, 3.05) is 14.2 Å². The van der Waals surface area contributed by atoms with Gasteiger partial charge in [0.2, 0.25) is 5.91 Å². The summed E-state index contributed by atoms with van der Waals surface area (Å²) < 4.78 is 22.2. The highest BCUT2D eigenvalue weighted by molar-refractivity contribution is 8.16. The van der Waals surface area contributed by atoms with Crippen LogP contribution in [0.1, 0.15) is 36.3 Å². The van der Waals surface area contributed by atoms with E-state index < -0.39 is 12.0 Å². The Labute approximate surface area is 236 Å². The smallest absolute Gasteiger partial charge is 0.338 e. The van der Waals surface area contributed by atoms with E-state index in [0.29, 0.717) is 46.0 Å². The number of rotatable bonds is 10. The van der Waals surface area contributed by atoms with Gasteiger partial charge in [-0.3, -0.25) is 4.79 Å². The zero-order valence-electron chi connectivity index (χ0n) is 22.4. The lowest BCUT2D eigenvalue weighted by Crippen LogP contribution is -2.37. The van der Waals surface area contributed by atoms with Gasteiger partial charge in [0, 0.05) is 5.70 Å². The van der Waals surface area contributed by atoms with E-state index in [0.717, 1.165) is 11.1 Å². The lowest BCUT2D eigenvalue weighted by atomic mass is 9.93. The lowest BCUT2D eigenvalue weighted by Gasteiger charge is -2.36. The molecule has 0 fully saturated rings. The zero-order chi connectivity index (χ0) is 28.1. The first-order valence-corrected chi connectivity index (χ1v) is 13.5. The van der Waals surface area contributed by atoms with Gasteiger partial charge in [0.1, 0.15) is 12.4 Å². The number of esters is 1. The number of aliphatic imine (C=N–C) groups is 1. The van der Waals surface area contributed by atoms with Gasteiger partial charge in [-0.1, -0.05) is 48.2 Å². The zero-order valence-corrected chi connectivity index (χ0v) is 23.2. The van der Waals surface area contributed by atoms with Crippen LogP contribution in [-0.4, -0.2) is 36.2 Å². The van der Waals surface area contributed by atoms with Crippen LogP contribution in [0, 0.1) is 0 Å². The molecule has 0 radical (unpaired) electrons. The average Bonchev–Trinajstić information content (AvgIpc) is 3.64. The van der Waals surface area contributed by atoms with Gasteiger partial charge >= 0.3 is 5.97 Å². The number of benzene rings is 2. The number of allylic oxidation sites excluding steroid dienone is 1. The lowest BCUT2D eigenvalue weighted by molar-refractivity contribution is -0.136. The van der Waals surface area contributed by atoms with E-state index in [1.54, 1.807) is 32.4 Å². The summed E-state index contributed by atoms with van der Waals surface area (Å²) in [5.41, 5.74) is 3.44. The molecule has 5 rings (SSSR count). The van der Waals surface area contributed by atoms with Crippen LogP contribution in [0.25, 0.3) is 0 Å². The number of hydrogen-bond acceptors (Lipinski definition) is 9. The monoisotopic (exact) mass is 559 g/mol. The number of ether oxygens (including phenoxy) is 3. The van der Waals surface area contributed by atoms with E-state index in [1.807, 2.05) is 58.8 Å². The number of amidine groups is 1. The first-order valence-electron chi connectivity index (χ1n) is 12.6. The highest BCUT2D eigenvalue weighted by Gasteiger charge is 2.41. The van der Waals surface area contributed by atoms with Crippen molar-refractivity contribution in [2.45, 2.75) is 32.5 Å². The van der Waals surface area contributed by atoms with Crippen LogP contribution < -0.4 is 14.8 Å². The molecule has 206 valence electrons. The number of furan rings is 1. The third kappa shape index (κ3) is 5.76. The standard InChI is InChI=1S/C30H29N3O6S/c1-19-27(29(35)37-3)28(21-11-12-24(25(14-21)36-2)39-17-20-8-5-4-6-9-20)33-22(18-40-30(33)32-19)15-26(34)31-16-23-10-7-13-38-23/h4-14,18,28H,15-17H2,1-3H3,(H,31,34). The molecule has 2 aliphatic heterocycles. The minimum absolute atomic E-state index is 0.0894. The third-order valence-corrected chi connectivity index (χ3v) is 7.42. The number of methoxy groups -OCH3 is 2. The van der Waals surface area contributed by atoms with E-state index in [9.17, 15) is 9.59 Å². The van der Waals surface area contributed by atoms with Crippen molar-refractivity contribution < 1.29 is 28.2 Å². The van der Waals surface area contributed by atoms with Crippen LogP contribution in [0.5, 0.6) is 11.5 Å². The number of fused-ring (bicyclic) bond motifs is 1. The molecule has 0 bridgehead atoms. The van der Waals surface area contributed by atoms with E-state index in [1.165, 1.54) is 18.9 Å². The minimum atomic E-state index is -0.587. The Hall–Kier alpha value is -4.44. The maximum atomic E-state index is 13.0. The van der Waals surface area contributed by atoms with Gasteiger partial charge in [0.05, 0.1) is 50.8 Å². The van der Waals surface area contributed by atoms with E-state index >= 15 is 0 Å². The van der Waals surface area contributed by atoms with Crippen LogP contribution in [0.4, 0.5) is 0 Å². The summed E-state index contributed by atoms with van der Waals surface area (Å²) >= 11 is 1.41. The molecule has 3 aromatic rings. The van der Waals surface area contributed by atoms with Crippen molar-refractivity contribution >= 4 is 28.8 Å². The molecule has 1 atom stereocenters. The molecule has 2 aliphatic rings. The maximum Gasteiger partial charge on any atom is 0.338 e. The van der Waals surface area contributed by atoms with Gasteiger partial charge in [0.15, 0.2) is 16.7 Å². The number of carbonyl (C=O) groups is 2. The molecule has 0 saturated carbocycles. The van der Waals surface area contributed by atoms with Crippen LogP contribution in [0.15, 0.2) is 98.7 Å². The molecule has 40 heavy (non-hydrogen) atoms. The van der Waals surface area contributed by atoms with Gasteiger partial charge in [-0.25, -0.2) is 9.79 Å². The Morgan fingerprint density at radius 1 is 1.07 bits per heavy atom. The van der Waals surface area contributed by atoms with Crippen LogP contribution in [0.3, 0.4) is 0 Å². The average molecular weight is 560 g/mol. The number of hydrogen-bond donors (Lipinski definition) is 1. The van der Waals surface area contributed by atoms with E-state index in [4.69, 9.17) is 18.6 Å². The molecular formula is C30H29N3O6S. The largest absolute Gasteiger partial charge is 0.493 e. The van der Waals surface area contributed by atoms with Gasteiger partial charge in [0.25, 0.3) is 0 Å². The second-order valence-corrected chi connectivity index (χ2v) is 9.94. The molecule has 3 heterocycles. The summed E-state index contributed by atoms with van der Waals surface area (Å²) in [4.78, 5) is 32.5. The minimum Gasteiger partial charge on any atom is -0.493 e. The van der Waals surface area contributed by atoms with E-state index in [2.05, 4.69) is 10.3 Å². The Balaban J connectivity index is 1.43. The highest BCUT2D eigenvalue weighted by atomic mass is 32.2. The number of thioether (sulfide) groups is 1. The molecule has 1 amide bonds. The summed E-state index contributed by atoms with van der Waals surface area (Å²) in [6.07, 6.45) is 1.65. The van der Waals surface area contributed by atoms with Crippen molar-refractivity contribution in [3.8, 4) is 11.5 Å². The number of carbonyl (C=O) groups excluding carboxylic acids is 2. The van der Waals surface area contributed by atoms with E-state index in [-0.39, 0.29) is 18.9 Å². The number of amides is 1. The highest BCUT2D eigenvalue weighted by Crippen LogP contribution is 2.46. The summed E-state index contributed by atoms with van der Waals surface area (Å²) in [7, 11) is 2.92. The van der Waals surface area contributed by atoms with Gasteiger partial charge in [-0.05, 0) is 47.7 Å². The van der Waals surface area contributed by atoms with Crippen LogP contribution in [-0.2, 0) is 27.5 Å². The number of nitrogens with one attached hydrogen (secondary N) is 1. The topological polar surface area (TPSA) is 103 Å². The van der Waals surface area contributed by atoms with Crippen molar-refractivity contribution in [1.29, 1.82) is 0 Å². The molecular weight excluding hydrogens is 530 g/mol. The Bertz CT molecular complexity index is 1480. The van der Waals surface area contributed by atoms with Crippen molar-refractivity contribution in [3.05, 3.63) is 106 Å². The molecule has 1 unspecified atom stereocenters. The maximum absolute atomic E-state index is 13.0. The second-order valence-electron chi connectivity index (χ2n) is 9.10. The fourth-order valence-corrected chi connectivity index (χ4v) is 5.56. The third-order valence-electron chi connectivity index (χ3n) is 6.53. The molecule has 1 aromatic heterocycles. The molecule has 1 N–H and O–H groups in total. The fourth-order valence-electron chi connectivity index (χ4n) is 4.59. The van der Waals surface area contributed by atoms with Crippen molar-refractivity contribution in [3.63, 3.8) is 0 Å². The van der Waals surface area contributed by atoms with Crippen molar-refractivity contribution in [1.82, 2.24) is 10.2 Å². The fraction of sp³-hybridized carbons (Fsp3) is 0.233. The molecule has 10 heteroatoms. The molecule has 0 saturated heterocycles. The second kappa shape index (κ2) is 12.2. The van der Waals surface area contributed by atoms with Gasteiger partial charge in [-0.15, -0.1) is 0 Å². The molecule has 0 spiro atoms. The first kappa shape index (κ1) is 27.1. The summed E-state index contributed by atoms with van der Waals surface area (Å²) in [5, 5.41) is 5.44. The quantitative estimate of drug-likeness (QED) is 0.333. The Kier molecular flexibility index (Phi) is 8.26. The van der Waals surface area contributed by atoms with Crippen LogP contribution in [0.2, 0.25) is 0 Å². The van der Waals surface area contributed by atoms with Crippen molar-refractivity contribution in [2.24, 2.45) is 4.99 Å². The predicted molar refractivity (Wildman–Crippen MR) is 151 cm³/mol. The van der Waals surface area contributed by atoms with Gasteiger partial charge in [-0.2, -0.15) is 0 Å².